The number of hydrogen-bond donors (Lipinski definition) is 2. The number of carbonyl (C=O) groups is 3. The molecule has 28 heavy (non-hydrogen) atoms. The van der Waals surface area contributed by atoms with Crippen LogP contribution < -0.4 is 5.32 Å². The van der Waals surface area contributed by atoms with Crippen LogP contribution in [0, 0.1) is 19.8 Å². The van der Waals surface area contributed by atoms with Crippen molar-refractivity contribution in [3.8, 4) is 0 Å². The van der Waals surface area contributed by atoms with E-state index in [0.29, 0.717) is 42.7 Å². The van der Waals surface area contributed by atoms with Gasteiger partial charge in [-0.15, -0.1) is 0 Å². The molecule has 1 heterocycles. The number of carboxylic acids is 1. The van der Waals surface area contributed by atoms with Gasteiger partial charge in [-0.25, -0.2) is 0 Å². The SMILES string of the molecule is Cc1ccc(C(=O)Nc2ccc(C(=O)N3CCC(C(=O)O)CC3)cc2)c(C)c1. The van der Waals surface area contributed by atoms with E-state index >= 15 is 0 Å². The average molecular weight is 380 g/mol. The minimum Gasteiger partial charge on any atom is -0.481 e. The van der Waals surface area contributed by atoms with Gasteiger partial charge in [-0.05, 0) is 62.6 Å². The van der Waals surface area contributed by atoms with E-state index in [-0.39, 0.29) is 17.7 Å². The van der Waals surface area contributed by atoms with Crippen LogP contribution in [0.5, 0.6) is 0 Å². The average Bonchev–Trinajstić information content (AvgIpc) is 2.68. The molecule has 146 valence electrons. The minimum atomic E-state index is -0.795. The number of benzene rings is 2. The second-order valence-electron chi connectivity index (χ2n) is 7.25. The summed E-state index contributed by atoms with van der Waals surface area (Å²) in [5.41, 5.74) is 3.77. The smallest absolute Gasteiger partial charge is 0.306 e. The summed E-state index contributed by atoms with van der Waals surface area (Å²) in [6.07, 6.45) is 0.955. The number of nitrogens with zero attached hydrogens (tertiary/aromatic N) is 1. The summed E-state index contributed by atoms with van der Waals surface area (Å²) in [5.74, 6) is -1.47. The Morgan fingerprint density at radius 2 is 1.64 bits per heavy atom. The van der Waals surface area contributed by atoms with Crippen molar-refractivity contribution in [1.29, 1.82) is 0 Å². The third-order valence-electron chi connectivity index (χ3n) is 5.15. The topological polar surface area (TPSA) is 86.7 Å². The molecule has 0 atom stereocenters. The first-order chi connectivity index (χ1) is 13.3. The monoisotopic (exact) mass is 380 g/mol. The second-order valence-corrected chi connectivity index (χ2v) is 7.25. The standard InChI is InChI=1S/C22H24N2O4/c1-14-3-8-19(15(2)13-14)20(25)23-18-6-4-16(5-7-18)21(26)24-11-9-17(10-12-24)22(27)28/h3-8,13,17H,9-12H2,1-2H3,(H,23,25)(H,27,28). The maximum atomic E-state index is 12.6. The molecular formula is C22H24N2O4. The first-order valence-electron chi connectivity index (χ1n) is 9.36. The number of anilines is 1. The molecule has 1 saturated heterocycles. The Morgan fingerprint density at radius 3 is 2.21 bits per heavy atom. The van der Waals surface area contributed by atoms with Crippen LogP contribution in [0.3, 0.4) is 0 Å². The van der Waals surface area contributed by atoms with Gasteiger partial charge >= 0.3 is 5.97 Å². The molecule has 0 radical (unpaired) electrons. The number of carbonyl (C=O) groups excluding carboxylic acids is 2. The second kappa shape index (κ2) is 8.25. The molecule has 1 fully saturated rings. The number of rotatable bonds is 4. The van der Waals surface area contributed by atoms with E-state index in [0.717, 1.165) is 11.1 Å². The van der Waals surface area contributed by atoms with Crippen molar-refractivity contribution in [2.75, 3.05) is 18.4 Å². The highest BCUT2D eigenvalue weighted by atomic mass is 16.4. The Balaban J connectivity index is 1.62. The van der Waals surface area contributed by atoms with Gasteiger partial charge in [-0.1, -0.05) is 17.7 Å². The quantitative estimate of drug-likeness (QED) is 0.850. The van der Waals surface area contributed by atoms with Crippen molar-refractivity contribution >= 4 is 23.5 Å². The number of nitrogens with one attached hydrogen (secondary N) is 1. The van der Waals surface area contributed by atoms with Crippen LogP contribution in [0.25, 0.3) is 0 Å². The van der Waals surface area contributed by atoms with Gasteiger partial charge in [0.2, 0.25) is 0 Å². The fourth-order valence-corrected chi connectivity index (χ4v) is 3.48. The molecule has 0 saturated carbocycles. The van der Waals surface area contributed by atoms with Crippen LogP contribution in [-0.2, 0) is 4.79 Å². The summed E-state index contributed by atoms with van der Waals surface area (Å²) >= 11 is 0. The number of aryl methyl sites for hydroxylation is 2. The van der Waals surface area contributed by atoms with Crippen LogP contribution >= 0.6 is 0 Å². The van der Waals surface area contributed by atoms with Gasteiger partial charge in [0.05, 0.1) is 5.92 Å². The van der Waals surface area contributed by atoms with Crippen molar-refractivity contribution < 1.29 is 19.5 Å². The fraction of sp³-hybridized carbons (Fsp3) is 0.318. The molecule has 0 aliphatic carbocycles. The lowest BCUT2D eigenvalue weighted by Crippen LogP contribution is -2.40. The highest BCUT2D eigenvalue weighted by Gasteiger charge is 2.27. The molecule has 2 amide bonds. The number of amides is 2. The number of likely N-dealkylation sites (tertiary alicyclic amines) is 1. The molecule has 6 heteroatoms. The Labute approximate surface area is 164 Å². The molecule has 2 aromatic carbocycles. The molecular weight excluding hydrogens is 356 g/mol. The van der Waals surface area contributed by atoms with E-state index in [1.807, 2.05) is 26.0 Å². The molecule has 1 aliphatic heterocycles. The van der Waals surface area contributed by atoms with E-state index in [9.17, 15) is 14.4 Å². The normalized spacial score (nSPS) is 14.6. The van der Waals surface area contributed by atoms with Gasteiger partial charge in [-0.2, -0.15) is 0 Å². The van der Waals surface area contributed by atoms with Gasteiger partial charge in [-0.3, -0.25) is 14.4 Å². The molecule has 3 rings (SSSR count). The predicted octanol–water partition coefficient (Wildman–Crippen LogP) is 3.49. The molecule has 0 spiro atoms. The van der Waals surface area contributed by atoms with Gasteiger partial charge in [0.1, 0.15) is 0 Å². The summed E-state index contributed by atoms with van der Waals surface area (Å²) < 4.78 is 0. The van der Waals surface area contributed by atoms with Crippen molar-refractivity contribution in [3.63, 3.8) is 0 Å². The van der Waals surface area contributed by atoms with Crippen molar-refractivity contribution in [2.24, 2.45) is 5.92 Å². The Kier molecular flexibility index (Phi) is 5.78. The van der Waals surface area contributed by atoms with Crippen LogP contribution in [0.15, 0.2) is 42.5 Å². The van der Waals surface area contributed by atoms with Crippen molar-refractivity contribution in [1.82, 2.24) is 4.90 Å². The summed E-state index contributed by atoms with van der Waals surface area (Å²) in [7, 11) is 0. The summed E-state index contributed by atoms with van der Waals surface area (Å²) in [4.78, 5) is 37.8. The Morgan fingerprint density at radius 1 is 1.00 bits per heavy atom. The summed E-state index contributed by atoms with van der Waals surface area (Å²) in [6, 6.07) is 12.4. The van der Waals surface area contributed by atoms with Crippen molar-refractivity contribution in [3.05, 3.63) is 64.7 Å². The van der Waals surface area contributed by atoms with Crippen LogP contribution in [0.1, 0.15) is 44.7 Å². The van der Waals surface area contributed by atoms with E-state index in [2.05, 4.69) is 5.32 Å². The van der Waals surface area contributed by atoms with E-state index in [4.69, 9.17) is 5.11 Å². The Bertz CT molecular complexity index is 897. The first kappa shape index (κ1) is 19.6. The predicted molar refractivity (Wildman–Crippen MR) is 107 cm³/mol. The van der Waals surface area contributed by atoms with Gasteiger partial charge in [0, 0.05) is 29.9 Å². The maximum Gasteiger partial charge on any atom is 0.306 e. The van der Waals surface area contributed by atoms with Crippen LogP contribution in [0.2, 0.25) is 0 Å². The van der Waals surface area contributed by atoms with E-state index in [1.54, 1.807) is 35.2 Å². The minimum absolute atomic E-state index is 0.115. The summed E-state index contributed by atoms with van der Waals surface area (Å²) in [5, 5.41) is 11.9. The fourth-order valence-electron chi connectivity index (χ4n) is 3.48. The zero-order chi connectivity index (χ0) is 20.3. The summed E-state index contributed by atoms with van der Waals surface area (Å²) in [6.45, 7) is 4.77. The third-order valence-corrected chi connectivity index (χ3v) is 5.15. The number of carboxylic acid groups (broad SMARTS) is 1. The van der Waals surface area contributed by atoms with Gasteiger partial charge < -0.3 is 15.3 Å². The lowest BCUT2D eigenvalue weighted by Gasteiger charge is -2.30. The zero-order valence-corrected chi connectivity index (χ0v) is 16.1. The molecule has 0 unspecified atom stereocenters. The van der Waals surface area contributed by atoms with Gasteiger partial charge in [0.25, 0.3) is 11.8 Å². The third kappa shape index (κ3) is 4.39. The Hall–Kier alpha value is -3.15. The zero-order valence-electron chi connectivity index (χ0n) is 16.1. The molecule has 2 N–H and O–H groups in total. The highest BCUT2D eigenvalue weighted by molar-refractivity contribution is 6.05. The van der Waals surface area contributed by atoms with E-state index < -0.39 is 5.97 Å². The number of hydrogen-bond acceptors (Lipinski definition) is 3. The first-order valence-corrected chi connectivity index (χ1v) is 9.36. The van der Waals surface area contributed by atoms with E-state index in [1.165, 1.54) is 0 Å². The van der Waals surface area contributed by atoms with Crippen molar-refractivity contribution in [2.45, 2.75) is 26.7 Å². The largest absolute Gasteiger partial charge is 0.481 e. The maximum absolute atomic E-state index is 12.6. The molecule has 0 aromatic heterocycles. The number of aliphatic carboxylic acids is 1. The molecule has 1 aliphatic rings. The molecule has 0 bridgehead atoms. The lowest BCUT2D eigenvalue weighted by atomic mass is 9.96. The van der Waals surface area contributed by atoms with Crippen LogP contribution in [0.4, 0.5) is 5.69 Å². The molecule has 6 nitrogen and oxygen atoms in total. The lowest BCUT2D eigenvalue weighted by molar-refractivity contribution is -0.143. The molecule has 2 aromatic rings. The van der Waals surface area contributed by atoms with Crippen LogP contribution in [-0.4, -0.2) is 40.9 Å². The highest BCUT2D eigenvalue weighted by Crippen LogP contribution is 2.20. The van der Waals surface area contributed by atoms with Gasteiger partial charge in [0.15, 0.2) is 0 Å². The number of piperidine rings is 1.